The second kappa shape index (κ2) is 9.20. The van der Waals surface area contributed by atoms with E-state index < -0.39 is 6.04 Å². The summed E-state index contributed by atoms with van der Waals surface area (Å²) in [6, 6.07) is 7.77. The lowest BCUT2D eigenvalue weighted by atomic mass is 9.74. The first-order valence-corrected chi connectivity index (χ1v) is 9.37. The standard InChI is InChI=1S/C20H32N2O3/c1-4-15(3)18(21)19(23)22-14-20(10-12-24-13-11-20)16-6-8-17(9-7-16)25-5-2/h6-9,15,18H,4-5,10-14,21H2,1-3H3,(H,22,23). The summed E-state index contributed by atoms with van der Waals surface area (Å²) in [5.74, 6) is 0.985. The number of hydrogen-bond donors (Lipinski definition) is 2. The van der Waals surface area contributed by atoms with Gasteiger partial charge in [0.15, 0.2) is 0 Å². The number of ether oxygens (including phenoxy) is 2. The van der Waals surface area contributed by atoms with Crippen LogP contribution in [0.2, 0.25) is 0 Å². The topological polar surface area (TPSA) is 73.6 Å². The Morgan fingerprint density at radius 2 is 1.92 bits per heavy atom. The number of carbonyl (C=O) groups is 1. The van der Waals surface area contributed by atoms with Crippen molar-refractivity contribution in [2.45, 2.75) is 51.5 Å². The van der Waals surface area contributed by atoms with Gasteiger partial charge in [-0.1, -0.05) is 32.4 Å². The van der Waals surface area contributed by atoms with E-state index in [0.29, 0.717) is 26.4 Å². The molecule has 1 fully saturated rings. The molecule has 1 heterocycles. The lowest BCUT2D eigenvalue weighted by Gasteiger charge is -2.38. The normalized spacial score (nSPS) is 19.0. The van der Waals surface area contributed by atoms with Gasteiger partial charge >= 0.3 is 0 Å². The molecule has 1 aromatic carbocycles. The Morgan fingerprint density at radius 1 is 1.28 bits per heavy atom. The lowest BCUT2D eigenvalue weighted by molar-refractivity contribution is -0.123. The van der Waals surface area contributed by atoms with E-state index in [1.165, 1.54) is 5.56 Å². The zero-order valence-electron chi connectivity index (χ0n) is 15.7. The minimum Gasteiger partial charge on any atom is -0.494 e. The smallest absolute Gasteiger partial charge is 0.237 e. The Balaban J connectivity index is 2.10. The second-order valence-corrected chi connectivity index (χ2v) is 6.98. The van der Waals surface area contributed by atoms with E-state index in [4.69, 9.17) is 15.2 Å². The fourth-order valence-electron chi connectivity index (χ4n) is 3.29. The van der Waals surface area contributed by atoms with Gasteiger partial charge < -0.3 is 20.5 Å². The predicted octanol–water partition coefficient (Wildman–Crippen LogP) is 2.62. The molecule has 0 aliphatic carbocycles. The third-order valence-electron chi connectivity index (χ3n) is 5.39. The third kappa shape index (κ3) is 4.95. The van der Waals surface area contributed by atoms with Crippen LogP contribution in [-0.2, 0) is 14.9 Å². The van der Waals surface area contributed by atoms with Gasteiger partial charge in [0.2, 0.25) is 5.91 Å². The molecule has 2 rings (SSSR count). The van der Waals surface area contributed by atoms with Crippen LogP contribution >= 0.6 is 0 Å². The van der Waals surface area contributed by atoms with E-state index in [9.17, 15) is 4.79 Å². The van der Waals surface area contributed by atoms with Gasteiger partial charge in [0.25, 0.3) is 0 Å². The molecule has 1 aliphatic rings. The van der Waals surface area contributed by atoms with Gasteiger partial charge in [-0.2, -0.15) is 0 Å². The first kappa shape index (κ1) is 19.7. The van der Waals surface area contributed by atoms with Crippen molar-refractivity contribution in [3.05, 3.63) is 29.8 Å². The van der Waals surface area contributed by atoms with Gasteiger partial charge in [-0.3, -0.25) is 4.79 Å². The largest absolute Gasteiger partial charge is 0.494 e. The van der Waals surface area contributed by atoms with Gasteiger partial charge in [-0.25, -0.2) is 0 Å². The zero-order valence-corrected chi connectivity index (χ0v) is 15.7. The number of rotatable bonds is 8. The molecule has 5 heteroatoms. The maximum atomic E-state index is 12.4. The molecule has 1 amide bonds. The number of benzene rings is 1. The molecule has 2 unspecified atom stereocenters. The summed E-state index contributed by atoms with van der Waals surface area (Å²) in [4.78, 5) is 12.4. The Bertz CT molecular complexity index is 538. The van der Waals surface area contributed by atoms with Crippen LogP contribution in [0.5, 0.6) is 5.75 Å². The molecular weight excluding hydrogens is 316 g/mol. The summed E-state index contributed by atoms with van der Waals surface area (Å²) in [5, 5.41) is 3.10. The first-order valence-electron chi connectivity index (χ1n) is 9.37. The summed E-state index contributed by atoms with van der Waals surface area (Å²) in [5.41, 5.74) is 7.18. The summed E-state index contributed by atoms with van der Waals surface area (Å²) < 4.78 is 11.1. The fourth-order valence-corrected chi connectivity index (χ4v) is 3.29. The molecule has 0 aromatic heterocycles. The molecule has 2 atom stereocenters. The van der Waals surface area contributed by atoms with Crippen molar-refractivity contribution in [2.75, 3.05) is 26.4 Å². The predicted molar refractivity (Wildman–Crippen MR) is 99.8 cm³/mol. The van der Waals surface area contributed by atoms with Crippen LogP contribution in [0.15, 0.2) is 24.3 Å². The van der Waals surface area contributed by atoms with Gasteiger partial charge in [0.05, 0.1) is 12.6 Å². The van der Waals surface area contributed by atoms with Gasteiger partial charge in [0.1, 0.15) is 5.75 Å². The molecule has 25 heavy (non-hydrogen) atoms. The molecule has 1 aliphatic heterocycles. The van der Waals surface area contributed by atoms with Crippen molar-refractivity contribution < 1.29 is 14.3 Å². The molecule has 0 spiro atoms. The van der Waals surface area contributed by atoms with Crippen LogP contribution in [0.25, 0.3) is 0 Å². The summed E-state index contributed by atoms with van der Waals surface area (Å²) in [6.45, 7) is 8.71. The van der Waals surface area contributed by atoms with Crippen LogP contribution in [0.3, 0.4) is 0 Å². The molecule has 0 radical (unpaired) electrons. The minimum atomic E-state index is -0.456. The van der Waals surface area contributed by atoms with Crippen molar-refractivity contribution in [1.29, 1.82) is 0 Å². The number of amides is 1. The molecule has 0 bridgehead atoms. The quantitative estimate of drug-likeness (QED) is 0.757. The monoisotopic (exact) mass is 348 g/mol. The van der Waals surface area contributed by atoms with Crippen molar-refractivity contribution in [1.82, 2.24) is 5.32 Å². The highest BCUT2D eigenvalue weighted by atomic mass is 16.5. The SMILES string of the molecule is CCOc1ccc(C2(CNC(=O)C(N)C(C)CC)CCOCC2)cc1. The van der Waals surface area contributed by atoms with Gasteiger partial charge in [0, 0.05) is 25.2 Å². The van der Waals surface area contributed by atoms with E-state index in [2.05, 4.69) is 24.4 Å². The van der Waals surface area contributed by atoms with E-state index in [-0.39, 0.29) is 17.2 Å². The molecule has 3 N–H and O–H groups in total. The molecule has 0 saturated carbocycles. The first-order chi connectivity index (χ1) is 12.0. The van der Waals surface area contributed by atoms with Crippen LogP contribution in [0.1, 0.15) is 45.6 Å². The summed E-state index contributed by atoms with van der Waals surface area (Å²) in [7, 11) is 0. The summed E-state index contributed by atoms with van der Waals surface area (Å²) >= 11 is 0. The lowest BCUT2D eigenvalue weighted by Crippen LogP contribution is -2.50. The molecule has 1 saturated heterocycles. The van der Waals surface area contributed by atoms with E-state index in [0.717, 1.165) is 25.0 Å². The number of nitrogens with two attached hydrogens (primary N) is 1. The Hall–Kier alpha value is -1.59. The maximum Gasteiger partial charge on any atom is 0.237 e. The Kier molecular flexibility index (Phi) is 7.26. The zero-order chi connectivity index (χ0) is 18.3. The number of nitrogens with one attached hydrogen (secondary N) is 1. The van der Waals surface area contributed by atoms with Crippen LogP contribution in [-0.4, -0.2) is 38.3 Å². The van der Waals surface area contributed by atoms with Gasteiger partial charge in [-0.05, 0) is 43.4 Å². The highest BCUT2D eigenvalue weighted by molar-refractivity contribution is 5.81. The van der Waals surface area contributed by atoms with Crippen molar-refractivity contribution >= 4 is 5.91 Å². The molecule has 1 aromatic rings. The molecular formula is C20H32N2O3. The summed E-state index contributed by atoms with van der Waals surface area (Å²) in [6.07, 6.45) is 2.67. The average Bonchev–Trinajstić information content (AvgIpc) is 2.66. The van der Waals surface area contributed by atoms with Crippen molar-refractivity contribution in [2.24, 2.45) is 11.7 Å². The van der Waals surface area contributed by atoms with E-state index in [1.54, 1.807) is 0 Å². The highest BCUT2D eigenvalue weighted by Crippen LogP contribution is 2.35. The molecule has 5 nitrogen and oxygen atoms in total. The minimum absolute atomic E-state index is 0.0637. The maximum absolute atomic E-state index is 12.4. The van der Waals surface area contributed by atoms with Crippen LogP contribution in [0, 0.1) is 5.92 Å². The Morgan fingerprint density at radius 3 is 2.48 bits per heavy atom. The van der Waals surface area contributed by atoms with Crippen LogP contribution in [0.4, 0.5) is 0 Å². The highest BCUT2D eigenvalue weighted by Gasteiger charge is 2.35. The van der Waals surface area contributed by atoms with E-state index in [1.807, 2.05) is 26.0 Å². The van der Waals surface area contributed by atoms with E-state index >= 15 is 0 Å². The van der Waals surface area contributed by atoms with Crippen molar-refractivity contribution in [3.63, 3.8) is 0 Å². The average molecular weight is 348 g/mol. The number of carbonyl (C=O) groups excluding carboxylic acids is 1. The molecule has 140 valence electrons. The number of hydrogen-bond acceptors (Lipinski definition) is 4. The van der Waals surface area contributed by atoms with Crippen molar-refractivity contribution in [3.8, 4) is 5.75 Å². The Labute approximate surface area is 151 Å². The van der Waals surface area contributed by atoms with Crippen LogP contribution < -0.4 is 15.8 Å². The fraction of sp³-hybridized carbons (Fsp3) is 0.650. The third-order valence-corrected chi connectivity index (χ3v) is 5.39. The van der Waals surface area contributed by atoms with Gasteiger partial charge in [-0.15, -0.1) is 0 Å². The second-order valence-electron chi connectivity index (χ2n) is 6.98.